The molecule has 0 amide bonds. The lowest BCUT2D eigenvalue weighted by molar-refractivity contribution is 0.785. The number of H-pyrrole nitrogens is 1. The Morgan fingerprint density at radius 3 is 2.50 bits per heavy atom. The molecule has 102 valence electrons. The van der Waals surface area contributed by atoms with E-state index in [1.807, 2.05) is 38.1 Å². The SMILES string of the molecule is Cc1ccc(-n2nnc(-c3n[nH]c(=S)n3N)c2C)cc1. The van der Waals surface area contributed by atoms with Crippen LogP contribution in [0.15, 0.2) is 24.3 Å². The summed E-state index contributed by atoms with van der Waals surface area (Å²) in [7, 11) is 0. The van der Waals surface area contributed by atoms with Gasteiger partial charge in [-0.3, -0.25) is 0 Å². The molecule has 7 nitrogen and oxygen atoms in total. The highest BCUT2D eigenvalue weighted by Crippen LogP contribution is 2.20. The second kappa shape index (κ2) is 4.57. The molecule has 0 unspecified atom stereocenters. The number of aryl methyl sites for hydroxylation is 1. The molecule has 3 N–H and O–H groups in total. The topological polar surface area (TPSA) is 90.3 Å². The van der Waals surface area contributed by atoms with Crippen LogP contribution in [0.2, 0.25) is 0 Å². The third-order valence-electron chi connectivity index (χ3n) is 3.09. The van der Waals surface area contributed by atoms with Crippen LogP contribution in [-0.4, -0.2) is 29.9 Å². The number of aromatic nitrogens is 6. The summed E-state index contributed by atoms with van der Waals surface area (Å²) in [6.07, 6.45) is 0. The van der Waals surface area contributed by atoms with Gasteiger partial charge in [0, 0.05) is 0 Å². The van der Waals surface area contributed by atoms with E-state index in [9.17, 15) is 0 Å². The molecule has 0 saturated heterocycles. The van der Waals surface area contributed by atoms with E-state index in [2.05, 4.69) is 20.5 Å². The van der Waals surface area contributed by atoms with Crippen molar-refractivity contribution in [3.8, 4) is 17.2 Å². The van der Waals surface area contributed by atoms with Crippen molar-refractivity contribution in [2.24, 2.45) is 0 Å². The summed E-state index contributed by atoms with van der Waals surface area (Å²) in [6, 6.07) is 8.02. The molecule has 0 aliphatic heterocycles. The van der Waals surface area contributed by atoms with Gasteiger partial charge in [0.1, 0.15) is 0 Å². The molecule has 0 aliphatic rings. The van der Waals surface area contributed by atoms with Gasteiger partial charge in [0.05, 0.1) is 11.4 Å². The molecular weight excluding hydrogens is 274 g/mol. The van der Waals surface area contributed by atoms with E-state index in [1.165, 1.54) is 10.2 Å². The number of hydrogen-bond acceptors (Lipinski definition) is 5. The molecule has 0 fully saturated rings. The van der Waals surface area contributed by atoms with Crippen molar-refractivity contribution in [2.75, 3.05) is 5.84 Å². The fraction of sp³-hybridized carbons (Fsp3) is 0.167. The average molecular weight is 287 g/mol. The summed E-state index contributed by atoms with van der Waals surface area (Å²) >= 11 is 5.00. The number of nitrogen functional groups attached to an aromatic ring is 1. The molecule has 0 aliphatic carbocycles. The third kappa shape index (κ3) is 1.90. The lowest BCUT2D eigenvalue weighted by atomic mass is 10.2. The maximum Gasteiger partial charge on any atom is 0.214 e. The summed E-state index contributed by atoms with van der Waals surface area (Å²) in [5.41, 5.74) is 3.56. The standard InChI is InChI=1S/C12H13N7S/c1-7-3-5-9(6-4-7)19-8(2)10(14-17-19)11-15-16-12(20)18(11)13/h3-6H,13H2,1-2H3,(H,16,20). The highest BCUT2D eigenvalue weighted by molar-refractivity contribution is 7.71. The number of nitrogens with zero attached hydrogens (tertiary/aromatic N) is 5. The Balaban J connectivity index is 2.11. The molecule has 0 bridgehead atoms. The van der Waals surface area contributed by atoms with Crippen LogP contribution in [0.4, 0.5) is 0 Å². The molecule has 0 spiro atoms. The Hall–Kier alpha value is -2.48. The Morgan fingerprint density at radius 1 is 1.20 bits per heavy atom. The van der Waals surface area contributed by atoms with Crippen molar-refractivity contribution in [2.45, 2.75) is 13.8 Å². The van der Waals surface area contributed by atoms with E-state index in [4.69, 9.17) is 18.1 Å². The predicted octanol–water partition coefficient (Wildman–Crippen LogP) is 1.52. The van der Waals surface area contributed by atoms with E-state index >= 15 is 0 Å². The first kappa shape index (κ1) is 12.5. The summed E-state index contributed by atoms with van der Waals surface area (Å²) in [4.78, 5) is 0. The quantitative estimate of drug-likeness (QED) is 0.551. The van der Waals surface area contributed by atoms with Crippen molar-refractivity contribution >= 4 is 12.2 Å². The molecule has 8 heteroatoms. The zero-order valence-electron chi connectivity index (χ0n) is 11.0. The summed E-state index contributed by atoms with van der Waals surface area (Å²) in [5, 5.41) is 15.0. The molecule has 3 rings (SSSR count). The molecule has 0 saturated carbocycles. The Bertz CT molecular complexity index is 809. The number of nitrogens with two attached hydrogens (primary N) is 1. The van der Waals surface area contributed by atoms with Crippen LogP contribution in [0.25, 0.3) is 17.2 Å². The van der Waals surface area contributed by atoms with E-state index < -0.39 is 0 Å². The Kier molecular flexibility index (Phi) is 2.87. The lowest BCUT2D eigenvalue weighted by Gasteiger charge is -2.03. The minimum absolute atomic E-state index is 0.337. The van der Waals surface area contributed by atoms with Gasteiger partial charge in [-0.1, -0.05) is 22.9 Å². The molecule has 1 aromatic carbocycles. The number of benzene rings is 1. The third-order valence-corrected chi connectivity index (χ3v) is 3.38. The van der Waals surface area contributed by atoms with Gasteiger partial charge in [-0.15, -0.1) is 5.10 Å². The van der Waals surface area contributed by atoms with Crippen molar-refractivity contribution < 1.29 is 0 Å². The van der Waals surface area contributed by atoms with Crippen LogP contribution in [0, 0.1) is 18.6 Å². The molecule has 0 radical (unpaired) electrons. The fourth-order valence-electron chi connectivity index (χ4n) is 1.94. The van der Waals surface area contributed by atoms with Crippen LogP contribution in [-0.2, 0) is 0 Å². The highest BCUT2D eigenvalue weighted by Gasteiger charge is 2.16. The maximum absolute atomic E-state index is 5.81. The minimum atomic E-state index is 0.337. The average Bonchev–Trinajstić information content (AvgIpc) is 2.96. The number of nitrogens with one attached hydrogen (secondary N) is 1. The largest absolute Gasteiger partial charge is 0.335 e. The number of rotatable bonds is 2. The smallest absolute Gasteiger partial charge is 0.214 e. The second-order valence-corrected chi connectivity index (χ2v) is 4.88. The van der Waals surface area contributed by atoms with Gasteiger partial charge in [-0.25, -0.2) is 14.5 Å². The first-order valence-electron chi connectivity index (χ1n) is 6.00. The van der Waals surface area contributed by atoms with Crippen molar-refractivity contribution in [3.63, 3.8) is 0 Å². The lowest BCUT2D eigenvalue weighted by Crippen LogP contribution is -2.10. The zero-order chi connectivity index (χ0) is 14.3. The van der Waals surface area contributed by atoms with E-state index in [0.717, 1.165) is 11.4 Å². The second-order valence-electron chi connectivity index (χ2n) is 4.49. The van der Waals surface area contributed by atoms with Crippen molar-refractivity contribution in [3.05, 3.63) is 40.3 Å². The zero-order valence-corrected chi connectivity index (χ0v) is 11.8. The van der Waals surface area contributed by atoms with Gasteiger partial charge in [0.2, 0.25) is 10.6 Å². The van der Waals surface area contributed by atoms with Gasteiger partial charge in [-0.2, -0.15) is 5.10 Å². The number of aromatic amines is 1. The van der Waals surface area contributed by atoms with Crippen LogP contribution in [0.1, 0.15) is 11.3 Å². The molecule has 0 atom stereocenters. The van der Waals surface area contributed by atoms with Crippen molar-refractivity contribution in [1.82, 2.24) is 29.9 Å². The van der Waals surface area contributed by atoms with Crippen molar-refractivity contribution in [1.29, 1.82) is 0 Å². The van der Waals surface area contributed by atoms with Crippen LogP contribution in [0.3, 0.4) is 0 Å². The van der Waals surface area contributed by atoms with E-state index in [0.29, 0.717) is 16.3 Å². The molecule has 2 aromatic heterocycles. The van der Waals surface area contributed by atoms with E-state index in [-0.39, 0.29) is 0 Å². The predicted molar refractivity (Wildman–Crippen MR) is 77.4 cm³/mol. The van der Waals surface area contributed by atoms with Crippen LogP contribution < -0.4 is 5.84 Å². The highest BCUT2D eigenvalue weighted by atomic mass is 32.1. The number of hydrogen-bond donors (Lipinski definition) is 2. The molecule has 3 aromatic rings. The van der Waals surface area contributed by atoms with Gasteiger partial charge >= 0.3 is 0 Å². The Labute approximate surface area is 120 Å². The van der Waals surface area contributed by atoms with Gasteiger partial charge in [0.25, 0.3) is 0 Å². The fourth-order valence-corrected chi connectivity index (χ4v) is 2.07. The molecule has 2 heterocycles. The van der Waals surface area contributed by atoms with Gasteiger partial charge in [0.15, 0.2) is 5.69 Å². The first-order chi connectivity index (χ1) is 9.58. The molecule has 20 heavy (non-hydrogen) atoms. The maximum atomic E-state index is 5.81. The van der Waals surface area contributed by atoms with Crippen LogP contribution >= 0.6 is 12.2 Å². The first-order valence-corrected chi connectivity index (χ1v) is 6.41. The summed E-state index contributed by atoms with van der Waals surface area (Å²) in [6.45, 7) is 3.95. The summed E-state index contributed by atoms with van der Waals surface area (Å²) < 4.78 is 3.36. The van der Waals surface area contributed by atoms with Crippen LogP contribution in [0.5, 0.6) is 0 Å². The van der Waals surface area contributed by atoms with E-state index in [1.54, 1.807) is 4.68 Å². The summed E-state index contributed by atoms with van der Waals surface area (Å²) in [5.74, 6) is 6.28. The monoisotopic (exact) mass is 287 g/mol. The minimum Gasteiger partial charge on any atom is -0.335 e. The van der Waals surface area contributed by atoms with Gasteiger partial charge < -0.3 is 5.84 Å². The van der Waals surface area contributed by atoms with Gasteiger partial charge in [-0.05, 0) is 38.2 Å². The Morgan fingerprint density at radius 2 is 1.90 bits per heavy atom. The molecular formula is C12H13N7S. The normalized spacial score (nSPS) is 10.9.